The van der Waals surface area contributed by atoms with Crippen LogP contribution in [-0.4, -0.2) is 38.5 Å². The van der Waals surface area contributed by atoms with Crippen molar-refractivity contribution in [3.63, 3.8) is 0 Å². The van der Waals surface area contributed by atoms with Crippen molar-refractivity contribution in [3.8, 4) is 17.2 Å². The Bertz CT molecular complexity index is 1010. The number of carbonyl (C=O) groups excluding carboxylic acids is 1. The molecular formula is C20H20N2O4S2. The van der Waals surface area contributed by atoms with Crippen LogP contribution in [0.15, 0.2) is 40.7 Å². The number of anilines is 1. The van der Waals surface area contributed by atoms with Gasteiger partial charge in [-0.25, -0.2) is 4.98 Å². The molecule has 3 rings (SSSR count). The lowest BCUT2D eigenvalue weighted by Gasteiger charge is -2.12. The second-order valence-corrected chi connectivity index (χ2v) is 7.73. The normalized spacial score (nSPS) is 11.0. The first-order valence-corrected chi connectivity index (χ1v) is 10.4. The predicted molar refractivity (Wildman–Crippen MR) is 115 cm³/mol. The molecule has 0 saturated heterocycles. The average Bonchev–Trinajstić information content (AvgIpc) is 3.13. The molecule has 8 heteroatoms. The summed E-state index contributed by atoms with van der Waals surface area (Å²) < 4.78 is 18.0. The highest BCUT2D eigenvalue weighted by Gasteiger charge is 2.12. The zero-order chi connectivity index (χ0) is 20.1. The van der Waals surface area contributed by atoms with Gasteiger partial charge in [0.1, 0.15) is 0 Å². The van der Waals surface area contributed by atoms with Crippen molar-refractivity contribution in [2.75, 3.05) is 32.9 Å². The van der Waals surface area contributed by atoms with Crippen molar-refractivity contribution in [1.82, 2.24) is 4.98 Å². The van der Waals surface area contributed by atoms with Crippen molar-refractivity contribution < 1.29 is 19.0 Å². The number of nitrogens with zero attached hydrogens (tertiary/aromatic N) is 1. The minimum atomic E-state index is -0.234. The standard InChI is InChI=1S/C20H20N2O4S2/c1-24-15-9-12(10-16(25-2)19(15)26-3)5-8-18(23)21-13-6-7-14-17(11-13)28-20(22-14)27-4/h5-11H,1-4H3,(H,21,23). The molecule has 1 amide bonds. The Morgan fingerprint density at radius 2 is 1.82 bits per heavy atom. The van der Waals surface area contributed by atoms with E-state index >= 15 is 0 Å². The fraction of sp³-hybridized carbons (Fsp3) is 0.200. The number of carbonyl (C=O) groups is 1. The van der Waals surface area contributed by atoms with Crippen molar-refractivity contribution in [2.24, 2.45) is 0 Å². The Kier molecular flexibility index (Phi) is 6.43. The molecule has 0 radical (unpaired) electrons. The number of fused-ring (bicyclic) bond motifs is 1. The number of ether oxygens (including phenoxy) is 3. The highest BCUT2D eigenvalue weighted by molar-refractivity contribution is 8.00. The molecule has 0 spiro atoms. The molecule has 0 fully saturated rings. The number of amides is 1. The van der Waals surface area contributed by atoms with Gasteiger partial charge >= 0.3 is 0 Å². The summed E-state index contributed by atoms with van der Waals surface area (Å²) in [6.07, 6.45) is 5.15. The van der Waals surface area contributed by atoms with Crippen LogP contribution in [0.4, 0.5) is 5.69 Å². The van der Waals surface area contributed by atoms with Crippen LogP contribution < -0.4 is 19.5 Å². The van der Waals surface area contributed by atoms with Crippen LogP contribution in [-0.2, 0) is 4.79 Å². The van der Waals surface area contributed by atoms with E-state index in [1.165, 1.54) is 6.08 Å². The topological polar surface area (TPSA) is 69.7 Å². The fourth-order valence-electron chi connectivity index (χ4n) is 2.62. The Hall–Kier alpha value is -2.71. The minimum absolute atomic E-state index is 0.234. The third-order valence-electron chi connectivity index (χ3n) is 3.93. The van der Waals surface area contributed by atoms with Gasteiger partial charge in [-0.05, 0) is 48.2 Å². The number of rotatable bonds is 7. The zero-order valence-corrected chi connectivity index (χ0v) is 17.6. The molecule has 1 aromatic heterocycles. The number of hydrogen-bond donors (Lipinski definition) is 1. The monoisotopic (exact) mass is 416 g/mol. The van der Waals surface area contributed by atoms with Crippen molar-refractivity contribution in [3.05, 3.63) is 42.0 Å². The van der Waals surface area contributed by atoms with Crippen molar-refractivity contribution >= 4 is 51.0 Å². The second-order valence-electron chi connectivity index (χ2n) is 5.65. The lowest BCUT2D eigenvalue weighted by Crippen LogP contribution is -2.07. The van der Waals surface area contributed by atoms with Gasteiger partial charge < -0.3 is 19.5 Å². The molecule has 1 heterocycles. The van der Waals surface area contributed by atoms with E-state index in [0.29, 0.717) is 17.2 Å². The third kappa shape index (κ3) is 4.40. The van der Waals surface area contributed by atoms with Crippen LogP contribution in [0.1, 0.15) is 5.56 Å². The molecule has 0 atom stereocenters. The van der Waals surface area contributed by atoms with Gasteiger partial charge in [0.25, 0.3) is 0 Å². The summed E-state index contributed by atoms with van der Waals surface area (Å²) in [6.45, 7) is 0. The maximum Gasteiger partial charge on any atom is 0.248 e. The zero-order valence-electron chi connectivity index (χ0n) is 15.9. The van der Waals surface area contributed by atoms with Gasteiger partial charge in [0.2, 0.25) is 11.7 Å². The van der Waals surface area contributed by atoms with Crippen LogP contribution in [0.2, 0.25) is 0 Å². The molecule has 0 aliphatic heterocycles. The van der Waals surface area contributed by atoms with E-state index in [9.17, 15) is 4.79 Å². The van der Waals surface area contributed by atoms with E-state index in [1.807, 2.05) is 24.5 Å². The minimum Gasteiger partial charge on any atom is -0.493 e. The van der Waals surface area contributed by atoms with Crippen LogP contribution in [0.3, 0.4) is 0 Å². The molecular weight excluding hydrogens is 396 g/mol. The summed E-state index contributed by atoms with van der Waals surface area (Å²) in [7, 11) is 4.65. The van der Waals surface area contributed by atoms with E-state index in [2.05, 4.69) is 10.3 Å². The summed E-state index contributed by atoms with van der Waals surface area (Å²) in [5, 5.41) is 2.87. The largest absolute Gasteiger partial charge is 0.493 e. The first-order valence-electron chi connectivity index (χ1n) is 8.31. The number of aromatic nitrogens is 1. The molecule has 1 N–H and O–H groups in total. The number of hydrogen-bond acceptors (Lipinski definition) is 7. The van der Waals surface area contributed by atoms with Crippen LogP contribution in [0, 0.1) is 0 Å². The Morgan fingerprint density at radius 1 is 1.11 bits per heavy atom. The van der Waals surface area contributed by atoms with Crippen LogP contribution in [0.25, 0.3) is 16.3 Å². The summed E-state index contributed by atoms with van der Waals surface area (Å²) in [5.74, 6) is 1.33. The van der Waals surface area contributed by atoms with Gasteiger partial charge in [0.05, 0.1) is 31.5 Å². The van der Waals surface area contributed by atoms with E-state index in [-0.39, 0.29) is 5.91 Å². The van der Waals surface area contributed by atoms with Gasteiger partial charge in [-0.15, -0.1) is 11.3 Å². The van der Waals surface area contributed by atoms with Crippen LogP contribution in [0.5, 0.6) is 17.2 Å². The van der Waals surface area contributed by atoms with Gasteiger partial charge in [-0.1, -0.05) is 11.8 Å². The lowest BCUT2D eigenvalue weighted by atomic mass is 10.1. The molecule has 0 aliphatic rings. The van der Waals surface area contributed by atoms with Gasteiger partial charge in [-0.3, -0.25) is 4.79 Å². The molecule has 28 heavy (non-hydrogen) atoms. The quantitative estimate of drug-likeness (QED) is 0.445. The first-order chi connectivity index (χ1) is 13.6. The van der Waals surface area contributed by atoms with E-state index in [1.54, 1.807) is 62.6 Å². The summed E-state index contributed by atoms with van der Waals surface area (Å²) in [6, 6.07) is 9.23. The van der Waals surface area contributed by atoms with Crippen molar-refractivity contribution in [1.29, 1.82) is 0 Å². The number of nitrogens with one attached hydrogen (secondary N) is 1. The average molecular weight is 417 g/mol. The Balaban J connectivity index is 1.76. The number of methoxy groups -OCH3 is 3. The fourth-order valence-corrected chi connectivity index (χ4v) is 4.15. The van der Waals surface area contributed by atoms with Crippen LogP contribution >= 0.6 is 23.1 Å². The van der Waals surface area contributed by atoms with Gasteiger partial charge in [0.15, 0.2) is 15.8 Å². The number of benzene rings is 2. The molecule has 0 saturated carbocycles. The molecule has 0 aliphatic carbocycles. The first kappa shape index (κ1) is 20.0. The highest BCUT2D eigenvalue weighted by atomic mass is 32.2. The van der Waals surface area contributed by atoms with Gasteiger partial charge in [0, 0.05) is 11.8 Å². The van der Waals surface area contributed by atoms with E-state index in [0.717, 1.165) is 25.8 Å². The van der Waals surface area contributed by atoms with E-state index in [4.69, 9.17) is 14.2 Å². The highest BCUT2D eigenvalue weighted by Crippen LogP contribution is 2.38. The summed E-state index contributed by atoms with van der Waals surface area (Å²) in [5.41, 5.74) is 2.41. The maximum absolute atomic E-state index is 12.3. The molecule has 6 nitrogen and oxygen atoms in total. The number of thiazole rings is 1. The van der Waals surface area contributed by atoms with Crippen molar-refractivity contribution in [2.45, 2.75) is 4.34 Å². The Morgan fingerprint density at radius 3 is 2.43 bits per heavy atom. The Labute approximate surface area is 171 Å². The molecule has 2 aromatic carbocycles. The molecule has 0 bridgehead atoms. The third-order valence-corrected chi connectivity index (χ3v) is 5.93. The van der Waals surface area contributed by atoms with E-state index < -0.39 is 0 Å². The number of thioether (sulfide) groups is 1. The second kappa shape index (κ2) is 8.99. The smallest absolute Gasteiger partial charge is 0.248 e. The summed E-state index contributed by atoms with van der Waals surface area (Å²) in [4.78, 5) is 16.8. The lowest BCUT2D eigenvalue weighted by molar-refractivity contribution is -0.111. The SMILES string of the molecule is COc1cc(C=CC(=O)Nc2ccc3nc(SC)sc3c2)cc(OC)c1OC. The molecule has 3 aromatic rings. The summed E-state index contributed by atoms with van der Waals surface area (Å²) >= 11 is 3.21. The molecule has 0 unspecified atom stereocenters. The maximum atomic E-state index is 12.3. The predicted octanol–water partition coefficient (Wildman–Crippen LogP) is 4.70. The van der Waals surface area contributed by atoms with Gasteiger partial charge in [-0.2, -0.15) is 0 Å². The molecule has 146 valence electrons.